The lowest BCUT2D eigenvalue weighted by molar-refractivity contribution is -0.136. The molecule has 0 aliphatic carbocycles. The third kappa shape index (κ3) is 3.43. The lowest BCUT2D eigenvalue weighted by Crippen LogP contribution is -2.28. The Morgan fingerprint density at radius 3 is 2.89 bits per heavy atom. The number of benzene rings is 1. The number of aromatic nitrogens is 3. The van der Waals surface area contributed by atoms with Gasteiger partial charge >= 0.3 is 5.97 Å². The maximum atomic E-state index is 13.9. The summed E-state index contributed by atoms with van der Waals surface area (Å²) in [7, 11) is 1.36. The van der Waals surface area contributed by atoms with Gasteiger partial charge in [0.1, 0.15) is 11.9 Å². The van der Waals surface area contributed by atoms with Crippen LogP contribution in [0, 0.1) is 5.82 Å². The van der Waals surface area contributed by atoms with Crippen molar-refractivity contribution in [2.75, 3.05) is 12.4 Å². The van der Waals surface area contributed by atoms with E-state index in [1.165, 1.54) is 36.3 Å². The molecule has 3 aromatic rings. The van der Waals surface area contributed by atoms with Gasteiger partial charge in [0.25, 0.3) is 0 Å². The molecule has 144 valence electrons. The van der Waals surface area contributed by atoms with E-state index in [4.69, 9.17) is 4.74 Å². The minimum absolute atomic E-state index is 0.251. The summed E-state index contributed by atoms with van der Waals surface area (Å²) >= 11 is 2.88. The van der Waals surface area contributed by atoms with Crippen molar-refractivity contribution >= 4 is 35.0 Å². The quantitative estimate of drug-likeness (QED) is 0.496. The summed E-state index contributed by atoms with van der Waals surface area (Å²) in [4.78, 5) is 17.9. The molecule has 1 aliphatic heterocycles. The average molecular weight is 417 g/mol. The van der Waals surface area contributed by atoms with Crippen molar-refractivity contribution < 1.29 is 13.9 Å². The number of carbonyl (C=O) groups is 1. The fourth-order valence-corrected chi connectivity index (χ4v) is 4.67. The van der Waals surface area contributed by atoms with Crippen LogP contribution in [0.15, 0.2) is 58.2 Å². The number of thioether (sulfide) groups is 1. The summed E-state index contributed by atoms with van der Waals surface area (Å²) < 4.78 is 20.5. The van der Waals surface area contributed by atoms with E-state index in [1.807, 2.05) is 24.4 Å². The number of hydrogen-bond donors (Lipinski definition) is 1. The van der Waals surface area contributed by atoms with Crippen molar-refractivity contribution in [1.82, 2.24) is 14.8 Å². The number of rotatable bonds is 5. The van der Waals surface area contributed by atoms with Crippen LogP contribution in [-0.4, -0.2) is 27.8 Å². The molecule has 4 rings (SSSR count). The number of thiophene rings is 1. The first kappa shape index (κ1) is 18.7. The molecule has 0 saturated heterocycles. The van der Waals surface area contributed by atoms with E-state index in [0.717, 1.165) is 4.88 Å². The fourth-order valence-electron chi connectivity index (χ4n) is 3.03. The Hall–Kier alpha value is -2.65. The zero-order chi connectivity index (χ0) is 19.7. The van der Waals surface area contributed by atoms with Gasteiger partial charge in [0.05, 0.1) is 12.7 Å². The molecule has 0 spiro atoms. The summed E-state index contributed by atoms with van der Waals surface area (Å²) in [6, 6.07) is 10.1. The van der Waals surface area contributed by atoms with E-state index in [-0.39, 0.29) is 5.82 Å². The van der Waals surface area contributed by atoms with Crippen LogP contribution < -0.4 is 5.32 Å². The molecule has 9 heteroatoms. The Morgan fingerprint density at radius 1 is 1.36 bits per heavy atom. The Labute approximate surface area is 169 Å². The highest BCUT2D eigenvalue weighted by atomic mass is 32.2. The topological polar surface area (TPSA) is 69.0 Å². The SMILES string of the molecule is COC(=O)C1=C(C)Nc2nc(SCc3ccccc3F)nn2C1c1cccs1. The molecule has 0 amide bonds. The molecule has 0 saturated carbocycles. The Morgan fingerprint density at radius 2 is 2.18 bits per heavy atom. The first-order valence-corrected chi connectivity index (χ1v) is 10.4. The highest BCUT2D eigenvalue weighted by Crippen LogP contribution is 2.38. The molecule has 1 N–H and O–H groups in total. The molecule has 0 bridgehead atoms. The minimum atomic E-state index is -0.418. The van der Waals surface area contributed by atoms with Crippen LogP contribution in [0.5, 0.6) is 0 Å². The summed E-state index contributed by atoms with van der Waals surface area (Å²) in [5.41, 5.74) is 1.76. The highest BCUT2D eigenvalue weighted by molar-refractivity contribution is 7.98. The van der Waals surface area contributed by atoms with Crippen molar-refractivity contribution in [3.05, 3.63) is 69.3 Å². The molecular weight excluding hydrogens is 399 g/mol. The van der Waals surface area contributed by atoms with Crippen molar-refractivity contribution in [2.45, 2.75) is 23.9 Å². The molecule has 0 fully saturated rings. The summed E-state index contributed by atoms with van der Waals surface area (Å²) in [6.07, 6.45) is 0. The van der Waals surface area contributed by atoms with E-state index >= 15 is 0 Å². The van der Waals surface area contributed by atoms with Crippen LogP contribution in [0.25, 0.3) is 0 Å². The normalized spacial score (nSPS) is 15.9. The Bertz CT molecular complexity index is 1050. The third-order valence-electron chi connectivity index (χ3n) is 4.37. The molecule has 0 radical (unpaired) electrons. The van der Waals surface area contributed by atoms with Gasteiger partial charge in [-0.25, -0.2) is 13.9 Å². The number of esters is 1. The molecule has 1 unspecified atom stereocenters. The number of ether oxygens (including phenoxy) is 1. The van der Waals surface area contributed by atoms with Gasteiger partial charge in [-0.2, -0.15) is 4.98 Å². The molecule has 28 heavy (non-hydrogen) atoms. The van der Waals surface area contributed by atoms with Crippen LogP contribution in [-0.2, 0) is 15.3 Å². The van der Waals surface area contributed by atoms with Gasteiger partial charge in [0.15, 0.2) is 0 Å². The van der Waals surface area contributed by atoms with Crippen LogP contribution in [0.4, 0.5) is 10.3 Å². The highest BCUT2D eigenvalue weighted by Gasteiger charge is 2.35. The number of halogens is 1. The molecule has 6 nitrogen and oxygen atoms in total. The number of methoxy groups -OCH3 is 1. The van der Waals surface area contributed by atoms with Crippen LogP contribution in [0.1, 0.15) is 23.4 Å². The lowest BCUT2D eigenvalue weighted by Gasteiger charge is -2.26. The molecule has 1 aliphatic rings. The second kappa shape index (κ2) is 7.76. The molecule has 1 atom stereocenters. The smallest absolute Gasteiger partial charge is 0.338 e. The van der Waals surface area contributed by atoms with Gasteiger partial charge in [-0.15, -0.1) is 16.4 Å². The number of nitrogens with one attached hydrogen (secondary N) is 1. The first-order chi connectivity index (χ1) is 13.6. The van der Waals surface area contributed by atoms with Crippen LogP contribution in [0.3, 0.4) is 0 Å². The zero-order valence-corrected chi connectivity index (χ0v) is 16.8. The second-order valence-corrected chi connectivity index (χ2v) is 8.04. The number of carbonyl (C=O) groups excluding carboxylic acids is 1. The van der Waals surface area contributed by atoms with E-state index in [1.54, 1.807) is 22.9 Å². The fraction of sp³-hybridized carbons (Fsp3) is 0.211. The predicted molar refractivity (Wildman–Crippen MR) is 107 cm³/mol. The standard InChI is InChI=1S/C19H17FN4O2S2/c1-11-15(17(25)26-2)16(14-8-5-9-27-14)24-18(21-11)22-19(23-24)28-10-12-6-3-4-7-13(12)20/h3-9,16H,10H2,1-2H3,(H,21,22,23). The van der Waals surface area contributed by atoms with Gasteiger partial charge in [-0.1, -0.05) is 36.0 Å². The van der Waals surface area contributed by atoms with Crippen molar-refractivity contribution in [3.63, 3.8) is 0 Å². The van der Waals surface area contributed by atoms with Crippen molar-refractivity contribution in [2.24, 2.45) is 0 Å². The molecule has 1 aromatic carbocycles. The number of allylic oxidation sites excluding steroid dienone is 1. The molecule has 3 heterocycles. The monoisotopic (exact) mass is 416 g/mol. The van der Waals surface area contributed by atoms with Crippen molar-refractivity contribution in [1.29, 1.82) is 0 Å². The largest absolute Gasteiger partial charge is 0.466 e. The Kier molecular flexibility index (Phi) is 5.19. The number of anilines is 1. The molecule has 2 aromatic heterocycles. The van der Waals surface area contributed by atoms with Gasteiger partial charge in [-0.05, 0) is 30.0 Å². The summed E-state index contributed by atoms with van der Waals surface area (Å²) in [5, 5.41) is 10.2. The van der Waals surface area contributed by atoms with E-state index in [0.29, 0.717) is 33.7 Å². The van der Waals surface area contributed by atoms with Gasteiger partial charge in [-0.3, -0.25) is 0 Å². The second-order valence-electron chi connectivity index (χ2n) is 6.12. The van der Waals surface area contributed by atoms with E-state index in [9.17, 15) is 9.18 Å². The zero-order valence-electron chi connectivity index (χ0n) is 15.2. The van der Waals surface area contributed by atoms with Crippen LogP contribution in [0.2, 0.25) is 0 Å². The predicted octanol–water partition coefficient (Wildman–Crippen LogP) is 4.23. The first-order valence-electron chi connectivity index (χ1n) is 8.50. The number of fused-ring (bicyclic) bond motifs is 1. The maximum absolute atomic E-state index is 13.9. The van der Waals surface area contributed by atoms with Gasteiger partial charge in [0.2, 0.25) is 11.1 Å². The Balaban J connectivity index is 1.67. The van der Waals surface area contributed by atoms with Gasteiger partial charge < -0.3 is 10.1 Å². The third-order valence-corrected chi connectivity index (χ3v) is 6.18. The summed E-state index contributed by atoms with van der Waals surface area (Å²) in [6.45, 7) is 1.82. The summed E-state index contributed by atoms with van der Waals surface area (Å²) in [5.74, 6) is 0.291. The van der Waals surface area contributed by atoms with Crippen LogP contribution >= 0.6 is 23.1 Å². The number of hydrogen-bond acceptors (Lipinski definition) is 7. The van der Waals surface area contributed by atoms with E-state index < -0.39 is 12.0 Å². The lowest BCUT2D eigenvalue weighted by atomic mass is 10.0. The van der Waals surface area contributed by atoms with E-state index in [2.05, 4.69) is 15.4 Å². The molecular formula is C19H17FN4O2S2. The average Bonchev–Trinajstić information content (AvgIpc) is 3.35. The van der Waals surface area contributed by atoms with Crippen molar-refractivity contribution in [3.8, 4) is 0 Å². The van der Waals surface area contributed by atoms with Gasteiger partial charge in [0, 0.05) is 16.3 Å². The minimum Gasteiger partial charge on any atom is -0.466 e. The number of nitrogens with zero attached hydrogens (tertiary/aromatic N) is 3. The maximum Gasteiger partial charge on any atom is 0.338 e.